The Hall–Kier alpha value is -3.49. The minimum Gasteiger partial charge on any atom is -0.493 e. The molecule has 0 unspecified atom stereocenters. The molecule has 0 atom stereocenters. The van der Waals surface area contributed by atoms with Gasteiger partial charge in [0.05, 0.1) is 14.2 Å². The summed E-state index contributed by atoms with van der Waals surface area (Å²) in [7, 11) is 3.22. The van der Waals surface area contributed by atoms with Crippen LogP contribution in [-0.2, 0) is 11.2 Å². The third-order valence-corrected chi connectivity index (χ3v) is 6.98. The molecule has 0 spiro atoms. The maximum Gasteiger partial charge on any atom is 0.220 e. The number of amides is 1. The van der Waals surface area contributed by atoms with Crippen LogP contribution < -0.4 is 14.8 Å². The van der Waals surface area contributed by atoms with E-state index in [9.17, 15) is 4.79 Å². The minimum atomic E-state index is 0.0347. The monoisotopic (exact) mass is 536 g/mol. The van der Waals surface area contributed by atoms with Crippen molar-refractivity contribution in [3.05, 3.63) is 83.4 Å². The smallest absolute Gasteiger partial charge is 0.220 e. The van der Waals surface area contributed by atoms with Gasteiger partial charge in [-0.3, -0.25) is 9.36 Å². The first-order valence-electron chi connectivity index (χ1n) is 12.0. The normalized spacial score (nSPS) is 10.8. The van der Waals surface area contributed by atoms with Crippen LogP contribution in [0.15, 0.2) is 78.0 Å². The van der Waals surface area contributed by atoms with Crippen LogP contribution in [-0.4, -0.2) is 47.2 Å². The number of methoxy groups -OCH3 is 2. The predicted molar refractivity (Wildman–Crippen MR) is 148 cm³/mol. The molecular formula is C28H29ClN4O3S. The molecule has 0 fully saturated rings. The number of nitrogens with one attached hydrogen (secondary N) is 1. The fraction of sp³-hybridized carbons (Fsp3) is 0.250. The third-order valence-electron chi connectivity index (χ3n) is 5.71. The molecule has 0 radical (unpaired) electrons. The van der Waals surface area contributed by atoms with Gasteiger partial charge < -0.3 is 14.8 Å². The Morgan fingerprint density at radius 3 is 2.46 bits per heavy atom. The summed E-state index contributed by atoms with van der Waals surface area (Å²) < 4.78 is 12.7. The van der Waals surface area contributed by atoms with E-state index in [1.807, 2.05) is 77.4 Å². The van der Waals surface area contributed by atoms with Crippen LogP contribution in [0.2, 0.25) is 5.02 Å². The number of carbonyl (C=O) groups excluding carboxylic acids is 1. The Morgan fingerprint density at radius 1 is 0.973 bits per heavy atom. The van der Waals surface area contributed by atoms with E-state index in [4.69, 9.17) is 21.1 Å². The molecular weight excluding hydrogens is 508 g/mol. The Morgan fingerprint density at radius 2 is 1.73 bits per heavy atom. The van der Waals surface area contributed by atoms with E-state index in [0.29, 0.717) is 35.9 Å². The van der Waals surface area contributed by atoms with Crippen molar-refractivity contribution < 1.29 is 14.3 Å². The number of hydrogen-bond acceptors (Lipinski definition) is 6. The average molecular weight is 537 g/mol. The summed E-state index contributed by atoms with van der Waals surface area (Å²) in [6, 6.07) is 23.4. The van der Waals surface area contributed by atoms with Gasteiger partial charge in [0.15, 0.2) is 22.5 Å². The second-order valence-electron chi connectivity index (χ2n) is 8.23. The maximum absolute atomic E-state index is 12.4. The lowest BCUT2D eigenvalue weighted by Gasteiger charge is -2.11. The molecule has 9 heteroatoms. The summed E-state index contributed by atoms with van der Waals surface area (Å²) in [6.45, 7) is 0.564. The molecule has 7 nitrogen and oxygen atoms in total. The van der Waals surface area contributed by atoms with Crippen LogP contribution in [0.25, 0.3) is 17.1 Å². The van der Waals surface area contributed by atoms with Gasteiger partial charge >= 0.3 is 0 Å². The number of ether oxygens (including phenoxy) is 2. The Kier molecular flexibility index (Phi) is 9.46. The van der Waals surface area contributed by atoms with Crippen LogP contribution in [0, 0.1) is 0 Å². The molecule has 0 saturated carbocycles. The van der Waals surface area contributed by atoms with E-state index in [2.05, 4.69) is 15.5 Å². The van der Waals surface area contributed by atoms with Gasteiger partial charge in [-0.2, -0.15) is 0 Å². The molecule has 192 valence electrons. The number of halogens is 1. The molecule has 37 heavy (non-hydrogen) atoms. The van der Waals surface area contributed by atoms with Gasteiger partial charge in [-0.1, -0.05) is 47.6 Å². The number of para-hydroxylation sites is 1. The summed E-state index contributed by atoms with van der Waals surface area (Å²) in [6.07, 6.45) is 1.89. The van der Waals surface area contributed by atoms with E-state index in [1.165, 1.54) is 0 Å². The lowest BCUT2D eigenvalue weighted by Crippen LogP contribution is -2.25. The molecule has 3 aromatic carbocycles. The molecule has 1 heterocycles. The molecule has 1 amide bonds. The van der Waals surface area contributed by atoms with Crippen molar-refractivity contribution in [1.82, 2.24) is 20.1 Å². The SMILES string of the molecule is COc1ccc(CCNC(=O)CCCSc2nnc(-c3ccc(Cl)cc3)n2-c2ccccc2)cc1OC. The predicted octanol–water partition coefficient (Wildman–Crippen LogP) is 5.84. The highest BCUT2D eigenvalue weighted by Crippen LogP contribution is 2.29. The van der Waals surface area contributed by atoms with E-state index in [0.717, 1.165) is 40.0 Å². The van der Waals surface area contributed by atoms with Crippen molar-refractivity contribution in [3.8, 4) is 28.6 Å². The molecule has 0 bridgehead atoms. The molecule has 0 aliphatic rings. The standard InChI is InChI=1S/C28H29ClN4O3S/c1-35-24-15-10-20(19-25(24)36-2)16-17-30-26(34)9-6-18-37-28-32-31-27(21-11-13-22(29)14-12-21)33(28)23-7-4-3-5-8-23/h3-5,7-8,10-15,19H,6,9,16-18H2,1-2H3,(H,30,34). The Balaban J connectivity index is 1.30. The quantitative estimate of drug-likeness (QED) is 0.181. The fourth-order valence-corrected chi connectivity index (χ4v) is 4.84. The number of carbonyl (C=O) groups is 1. The lowest BCUT2D eigenvalue weighted by atomic mass is 10.1. The first-order chi connectivity index (χ1) is 18.1. The van der Waals surface area contributed by atoms with Gasteiger partial charge in [-0.05, 0) is 66.9 Å². The second-order valence-corrected chi connectivity index (χ2v) is 9.72. The van der Waals surface area contributed by atoms with Gasteiger partial charge in [0.1, 0.15) is 0 Å². The van der Waals surface area contributed by atoms with Crippen LogP contribution in [0.3, 0.4) is 0 Å². The molecule has 1 N–H and O–H groups in total. The number of aromatic nitrogens is 3. The number of thioether (sulfide) groups is 1. The van der Waals surface area contributed by atoms with Crippen molar-refractivity contribution in [2.45, 2.75) is 24.4 Å². The van der Waals surface area contributed by atoms with Gasteiger partial charge in [0, 0.05) is 35.0 Å². The van der Waals surface area contributed by atoms with Gasteiger partial charge in [0.2, 0.25) is 5.91 Å². The van der Waals surface area contributed by atoms with Crippen LogP contribution in [0.1, 0.15) is 18.4 Å². The highest BCUT2D eigenvalue weighted by Gasteiger charge is 2.16. The largest absolute Gasteiger partial charge is 0.493 e. The first-order valence-corrected chi connectivity index (χ1v) is 13.3. The summed E-state index contributed by atoms with van der Waals surface area (Å²) in [5.41, 5.74) is 2.99. The molecule has 0 aliphatic heterocycles. The first kappa shape index (κ1) is 26.6. The van der Waals surface area contributed by atoms with Crippen molar-refractivity contribution in [2.75, 3.05) is 26.5 Å². The van der Waals surface area contributed by atoms with Gasteiger partial charge in [-0.15, -0.1) is 10.2 Å². The number of nitrogens with zero attached hydrogens (tertiary/aromatic N) is 3. The maximum atomic E-state index is 12.4. The second kappa shape index (κ2) is 13.2. The third kappa shape index (κ3) is 7.05. The number of benzene rings is 3. The van der Waals surface area contributed by atoms with E-state index in [1.54, 1.807) is 26.0 Å². The highest BCUT2D eigenvalue weighted by atomic mass is 35.5. The molecule has 4 aromatic rings. The molecule has 4 rings (SSSR count). The zero-order valence-electron chi connectivity index (χ0n) is 20.8. The van der Waals surface area contributed by atoms with Crippen molar-refractivity contribution >= 4 is 29.3 Å². The van der Waals surface area contributed by atoms with Crippen molar-refractivity contribution in [3.63, 3.8) is 0 Å². The zero-order chi connectivity index (χ0) is 26.0. The van der Waals surface area contributed by atoms with E-state index in [-0.39, 0.29) is 5.91 Å². The van der Waals surface area contributed by atoms with E-state index < -0.39 is 0 Å². The van der Waals surface area contributed by atoms with Crippen LogP contribution >= 0.6 is 23.4 Å². The number of hydrogen-bond donors (Lipinski definition) is 1. The van der Waals surface area contributed by atoms with Crippen molar-refractivity contribution in [1.29, 1.82) is 0 Å². The molecule has 0 saturated heterocycles. The average Bonchev–Trinajstić information content (AvgIpc) is 3.35. The summed E-state index contributed by atoms with van der Waals surface area (Å²) in [4.78, 5) is 12.4. The fourth-order valence-electron chi connectivity index (χ4n) is 3.83. The molecule has 0 aliphatic carbocycles. The summed E-state index contributed by atoms with van der Waals surface area (Å²) in [5.74, 6) is 2.90. The van der Waals surface area contributed by atoms with Crippen LogP contribution in [0.4, 0.5) is 0 Å². The van der Waals surface area contributed by atoms with Gasteiger partial charge in [-0.25, -0.2) is 0 Å². The van der Waals surface area contributed by atoms with Crippen LogP contribution in [0.5, 0.6) is 11.5 Å². The Labute approximate surface area is 226 Å². The summed E-state index contributed by atoms with van der Waals surface area (Å²) >= 11 is 7.66. The minimum absolute atomic E-state index is 0.0347. The summed E-state index contributed by atoms with van der Waals surface area (Å²) in [5, 5.41) is 13.3. The topological polar surface area (TPSA) is 78.3 Å². The molecule has 1 aromatic heterocycles. The van der Waals surface area contributed by atoms with Crippen molar-refractivity contribution in [2.24, 2.45) is 0 Å². The highest BCUT2D eigenvalue weighted by molar-refractivity contribution is 7.99. The zero-order valence-corrected chi connectivity index (χ0v) is 22.4. The van der Waals surface area contributed by atoms with Gasteiger partial charge in [0.25, 0.3) is 0 Å². The number of rotatable bonds is 12. The lowest BCUT2D eigenvalue weighted by molar-refractivity contribution is -0.121. The Bertz CT molecular complexity index is 1310. The van der Waals surface area contributed by atoms with E-state index >= 15 is 0 Å².